The Hall–Kier alpha value is -2.27. The van der Waals surface area contributed by atoms with E-state index in [1.807, 2.05) is 12.1 Å². The summed E-state index contributed by atoms with van der Waals surface area (Å²) < 4.78 is 5.90. The lowest BCUT2D eigenvalue weighted by atomic mass is 10.2. The molecule has 1 fully saturated rings. The van der Waals surface area contributed by atoms with Gasteiger partial charge in [0.2, 0.25) is 0 Å². The van der Waals surface area contributed by atoms with Crippen molar-refractivity contribution in [2.75, 3.05) is 5.32 Å². The second-order valence-electron chi connectivity index (χ2n) is 5.84. The van der Waals surface area contributed by atoms with Crippen molar-refractivity contribution in [1.82, 2.24) is 10.3 Å². The normalized spacial score (nSPS) is 14.4. The number of pyridine rings is 1. The van der Waals surface area contributed by atoms with Gasteiger partial charge in [0.05, 0.1) is 11.1 Å². The van der Waals surface area contributed by atoms with Gasteiger partial charge in [-0.25, -0.2) is 4.79 Å². The molecule has 0 radical (unpaired) electrons. The average Bonchev–Trinajstić information content (AvgIpc) is 3.10. The smallest absolute Gasteiger partial charge is 0.319 e. The van der Waals surface area contributed by atoms with E-state index in [1.165, 1.54) is 12.8 Å². The van der Waals surface area contributed by atoms with Gasteiger partial charge in [0.15, 0.2) is 0 Å². The molecule has 3 rings (SSSR count). The highest BCUT2D eigenvalue weighted by Crippen LogP contribution is 2.31. The molecule has 1 aromatic heterocycles. The van der Waals surface area contributed by atoms with E-state index in [9.17, 15) is 4.79 Å². The molecular formula is C18H20ClN3O2. The molecule has 1 aliphatic carbocycles. The third kappa shape index (κ3) is 4.61. The molecule has 2 N–H and O–H groups in total. The summed E-state index contributed by atoms with van der Waals surface area (Å²) in [5.41, 5.74) is 1.56. The molecule has 1 aromatic carbocycles. The van der Waals surface area contributed by atoms with Crippen LogP contribution in [0.25, 0.3) is 0 Å². The fraction of sp³-hybridized carbons (Fsp3) is 0.333. The third-order valence-electron chi connectivity index (χ3n) is 3.96. The molecule has 5 nitrogen and oxygen atoms in total. The van der Waals surface area contributed by atoms with Crippen LogP contribution in [0.5, 0.6) is 5.75 Å². The van der Waals surface area contributed by atoms with Crippen LogP contribution in [0, 0.1) is 0 Å². The summed E-state index contributed by atoms with van der Waals surface area (Å²) in [6.07, 6.45) is 8.23. The van der Waals surface area contributed by atoms with Crippen molar-refractivity contribution in [3.63, 3.8) is 0 Å². The molecule has 0 atom stereocenters. The Morgan fingerprint density at radius 1 is 1.29 bits per heavy atom. The summed E-state index contributed by atoms with van der Waals surface area (Å²) in [6.45, 7) is 0.413. The maximum atomic E-state index is 11.9. The lowest BCUT2D eigenvalue weighted by Crippen LogP contribution is -2.28. The number of nitrogens with one attached hydrogen (secondary N) is 2. The molecule has 1 aliphatic rings. The van der Waals surface area contributed by atoms with E-state index in [0.717, 1.165) is 18.4 Å². The highest BCUT2D eigenvalue weighted by Gasteiger charge is 2.17. The lowest BCUT2D eigenvalue weighted by Gasteiger charge is -2.15. The number of amides is 2. The molecule has 126 valence electrons. The van der Waals surface area contributed by atoms with Crippen molar-refractivity contribution >= 4 is 23.3 Å². The SMILES string of the molecule is O=C(NCc1cccnc1)Nc1ccc(OC2CCCC2)c(Cl)c1. The summed E-state index contributed by atoms with van der Waals surface area (Å²) in [7, 11) is 0. The van der Waals surface area contributed by atoms with Crippen molar-refractivity contribution in [3.8, 4) is 5.75 Å². The van der Waals surface area contributed by atoms with E-state index in [-0.39, 0.29) is 12.1 Å². The molecular weight excluding hydrogens is 326 g/mol. The number of urea groups is 1. The van der Waals surface area contributed by atoms with Crippen LogP contribution >= 0.6 is 11.6 Å². The molecule has 0 bridgehead atoms. The summed E-state index contributed by atoms with van der Waals surface area (Å²) in [5, 5.41) is 6.05. The van der Waals surface area contributed by atoms with Crippen LogP contribution in [-0.2, 0) is 6.54 Å². The Kier molecular flexibility index (Phi) is 5.54. The van der Waals surface area contributed by atoms with Gasteiger partial charge in [-0.3, -0.25) is 4.98 Å². The zero-order valence-electron chi connectivity index (χ0n) is 13.3. The van der Waals surface area contributed by atoms with E-state index in [2.05, 4.69) is 15.6 Å². The van der Waals surface area contributed by atoms with E-state index in [1.54, 1.807) is 30.6 Å². The largest absolute Gasteiger partial charge is 0.489 e. The number of carbonyl (C=O) groups excluding carboxylic acids is 1. The van der Waals surface area contributed by atoms with Crippen LogP contribution < -0.4 is 15.4 Å². The molecule has 6 heteroatoms. The van der Waals surface area contributed by atoms with E-state index in [4.69, 9.17) is 16.3 Å². The van der Waals surface area contributed by atoms with Gasteiger partial charge in [0.1, 0.15) is 5.75 Å². The lowest BCUT2D eigenvalue weighted by molar-refractivity contribution is 0.210. The van der Waals surface area contributed by atoms with Crippen molar-refractivity contribution in [3.05, 3.63) is 53.3 Å². The number of halogens is 1. The van der Waals surface area contributed by atoms with Gasteiger partial charge in [0, 0.05) is 24.6 Å². The molecule has 0 saturated heterocycles. The van der Waals surface area contributed by atoms with Gasteiger partial charge in [-0.1, -0.05) is 17.7 Å². The first kappa shape index (κ1) is 16.6. The summed E-state index contributed by atoms with van der Waals surface area (Å²) in [5.74, 6) is 0.671. The number of aromatic nitrogens is 1. The van der Waals surface area contributed by atoms with Crippen LogP contribution in [0.3, 0.4) is 0 Å². The number of ether oxygens (including phenoxy) is 1. The second-order valence-corrected chi connectivity index (χ2v) is 6.25. The zero-order chi connectivity index (χ0) is 16.8. The van der Waals surface area contributed by atoms with Crippen molar-refractivity contribution in [2.24, 2.45) is 0 Å². The quantitative estimate of drug-likeness (QED) is 0.845. The predicted molar refractivity (Wildman–Crippen MR) is 94.4 cm³/mol. The van der Waals surface area contributed by atoms with E-state index >= 15 is 0 Å². The number of hydrogen-bond acceptors (Lipinski definition) is 3. The van der Waals surface area contributed by atoms with Crippen LogP contribution in [0.2, 0.25) is 5.02 Å². The minimum Gasteiger partial charge on any atom is -0.489 e. The van der Waals surface area contributed by atoms with Crippen LogP contribution in [0.1, 0.15) is 31.2 Å². The molecule has 2 amide bonds. The standard InChI is InChI=1S/C18H20ClN3O2/c19-16-10-14(7-8-17(16)24-15-5-1-2-6-15)22-18(23)21-12-13-4-3-9-20-11-13/h3-4,7-11,15H,1-2,5-6,12H2,(H2,21,22,23). The first-order valence-corrected chi connectivity index (χ1v) is 8.48. The van der Waals surface area contributed by atoms with Crippen LogP contribution in [-0.4, -0.2) is 17.1 Å². The first-order chi connectivity index (χ1) is 11.7. The van der Waals surface area contributed by atoms with Gasteiger partial charge in [-0.15, -0.1) is 0 Å². The van der Waals surface area contributed by atoms with Crippen molar-refractivity contribution in [1.29, 1.82) is 0 Å². The number of hydrogen-bond donors (Lipinski definition) is 2. The zero-order valence-corrected chi connectivity index (χ0v) is 14.1. The maximum absolute atomic E-state index is 11.9. The van der Waals surface area contributed by atoms with Gasteiger partial charge >= 0.3 is 6.03 Å². The molecule has 1 heterocycles. The first-order valence-electron chi connectivity index (χ1n) is 8.10. The predicted octanol–water partition coefficient (Wildman–Crippen LogP) is 4.38. The summed E-state index contributed by atoms with van der Waals surface area (Å²) in [4.78, 5) is 16.0. The van der Waals surface area contributed by atoms with Gasteiger partial charge in [-0.05, 0) is 55.5 Å². The Balaban J connectivity index is 1.53. The Morgan fingerprint density at radius 3 is 2.83 bits per heavy atom. The number of carbonyl (C=O) groups is 1. The average molecular weight is 346 g/mol. The van der Waals surface area contributed by atoms with Gasteiger partial charge < -0.3 is 15.4 Å². The van der Waals surface area contributed by atoms with Gasteiger partial charge in [-0.2, -0.15) is 0 Å². The number of nitrogens with zero attached hydrogens (tertiary/aromatic N) is 1. The number of anilines is 1. The topological polar surface area (TPSA) is 63.2 Å². The third-order valence-corrected chi connectivity index (χ3v) is 4.26. The highest BCUT2D eigenvalue weighted by atomic mass is 35.5. The maximum Gasteiger partial charge on any atom is 0.319 e. The fourth-order valence-corrected chi connectivity index (χ4v) is 2.95. The summed E-state index contributed by atoms with van der Waals surface area (Å²) >= 11 is 6.26. The highest BCUT2D eigenvalue weighted by molar-refractivity contribution is 6.32. The number of rotatable bonds is 5. The Labute approximate surface area is 146 Å². The molecule has 1 saturated carbocycles. The van der Waals surface area contributed by atoms with Crippen molar-refractivity contribution < 1.29 is 9.53 Å². The van der Waals surface area contributed by atoms with Gasteiger partial charge in [0.25, 0.3) is 0 Å². The van der Waals surface area contributed by atoms with Crippen LogP contribution in [0.15, 0.2) is 42.7 Å². The molecule has 2 aromatic rings. The molecule has 0 aliphatic heterocycles. The molecule has 24 heavy (non-hydrogen) atoms. The monoisotopic (exact) mass is 345 g/mol. The van der Waals surface area contributed by atoms with E-state index < -0.39 is 0 Å². The minimum atomic E-state index is -0.292. The Morgan fingerprint density at radius 2 is 2.12 bits per heavy atom. The molecule has 0 spiro atoms. The van der Waals surface area contributed by atoms with Crippen LogP contribution in [0.4, 0.5) is 10.5 Å². The molecule has 0 unspecified atom stereocenters. The fourth-order valence-electron chi connectivity index (χ4n) is 2.72. The Bertz CT molecular complexity index is 688. The second kappa shape index (κ2) is 8.02. The summed E-state index contributed by atoms with van der Waals surface area (Å²) in [6, 6.07) is 8.74. The number of benzene rings is 1. The van der Waals surface area contributed by atoms with E-state index in [0.29, 0.717) is 23.0 Å². The van der Waals surface area contributed by atoms with Crippen molar-refractivity contribution in [2.45, 2.75) is 38.3 Å². The minimum absolute atomic E-state index is 0.254.